The van der Waals surface area contributed by atoms with Crippen molar-refractivity contribution in [3.63, 3.8) is 0 Å². The van der Waals surface area contributed by atoms with Crippen molar-refractivity contribution in [2.45, 2.75) is 29.4 Å². The van der Waals surface area contributed by atoms with Gasteiger partial charge >= 0.3 is 5.97 Å². The van der Waals surface area contributed by atoms with Gasteiger partial charge in [0.15, 0.2) is 14.6 Å². The third kappa shape index (κ3) is 3.33. The zero-order chi connectivity index (χ0) is 16.9. The lowest BCUT2D eigenvalue weighted by atomic mass is 9.99. The van der Waals surface area contributed by atoms with Crippen LogP contribution in [0.2, 0.25) is 0 Å². The van der Waals surface area contributed by atoms with Crippen LogP contribution in [0.3, 0.4) is 0 Å². The van der Waals surface area contributed by atoms with Crippen LogP contribution >= 0.6 is 0 Å². The van der Waals surface area contributed by atoms with Crippen LogP contribution < -0.4 is 10.1 Å². The maximum absolute atomic E-state index is 12.8. The molecule has 1 aliphatic heterocycles. The van der Waals surface area contributed by atoms with E-state index in [0.29, 0.717) is 18.7 Å². The van der Waals surface area contributed by atoms with E-state index in [1.54, 1.807) is 6.92 Å². The van der Waals surface area contributed by atoms with Crippen molar-refractivity contribution in [1.29, 1.82) is 0 Å². The second-order valence-corrected chi connectivity index (χ2v) is 7.53. The van der Waals surface area contributed by atoms with Gasteiger partial charge in [0.2, 0.25) is 0 Å². The molecule has 0 spiro atoms. The highest BCUT2D eigenvalue weighted by Crippen LogP contribution is 2.33. The van der Waals surface area contributed by atoms with Gasteiger partial charge in [-0.3, -0.25) is 4.79 Å². The quantitative estimate of drug-likeness (QED) is 0.781. The number of nitrogens with one attached hydrogen (secondary N) is 1. The third-order valence-electron chi connectivity index (χ3n) is 3.87. The molecule has 0 aliphatic carbocycles. The molecule has 1 unspecified atom stereocenters. The highest BCUT2D eigenvalue weighted by Gasteiger charge is 2.52. The fourth-order valence-electron chi connectivity index (χ4n) is 2.54. The predicted molar refractivity (Wildman–Crippen MR) is 85.0 cm³/mol. The zero-order valence-corrected chi connectivity index (χ0v) is 13.6. The molecule has 2 rings (SSSR count). The first kappa shape index (κ1) is 17.3. The van der Waals surface area contributed by atoms with Crippen LogP contribution in [0.25, 0.3) is 0 Å². The van der Waals surface area contributed by atoms with Crippen molar-refractivity contribution in [3.8, 4) is 17.6 Å². The largest absolute Gasteiger partial charge is 0.481 e. The minimum atomic E-state index is -4.01. The van der Waals surface area contributed by atoms with Crippen molar-refractivity contribution < 1.29 is 23.1 Å². The van der Waals surface area contributed by atoms with E-state index in [1.165, 1.54) is 24.3 Å². The fraction of sp³-hybridized carbons (Fsp3) is 0.438. The molecule has 6 nitrogen and oxygen atoms in total. The van der Waals surface area contributed by atoms with E-state index in [-0.39, 0.29) is 24.5 Å². The molecule has 0 aromatic heterocycles. The summed E-state index contributed by atoms with van der Waals surface area (Å²) in [7, 11) is -4.01. The Labute approximate surface area is 135 Å². The van der Waals surface area contributed by atoms with Gasteiger partial charge in [0.1, 0.15) is 12.4 Å². The normalized spacial score (nSPS) is 21.1. The van der Waals surface area contributed by atoms with Crippen LogP contribution in [-0.2, 0) is 14.6 Å². The second-order valence-electron chi connectivity index (χ2n) is 5.27. The Bertz CT molecular complexity index is 722. The molecule has 2 N–H and O–H groups in total. The Balaban J connectivity index is 2.30. The van der Waals surface area contributed by atoms with Crippen molar-refractivity contribution in [3.05, 3.63) is 24.3 Å². The van der Waals surface area contributed by atoms with Gasteiger partial charge in [-0.15, -0.1) is 5.92 Å². The van der Waals surface area contributed by atoms with Gasteiger partial charge in [0, 0.05) is 6.54 Å². The number of rotatable bonds is 5. The minimum absolute atomic E-state index is 0.0162. The van der Waals surface area contributed by atoms with E-state index < -0.39 is 20.6 Å². The van der Waals surface area contributed by atoms with Gasteiger partial charge in [-0.2, -0.15) is 0 Å². The van der Waals surface area contributed by atoms with Crippen LogP contribution in [-0.4, -0.2) is 43.9 Å². The highest BCUT2D eigenvalue weighted by atomic mass is 32.2. The topological polar surface area (TPSA) is 92.7 Å². The molecule has 0 bridgehead atoms. The number of carbonyl (C=O) groups is 1. The van der Waals surface area contributed by atoms with Crippen molar-refractivity contribution in [2.24, 2.45) is 0 Å². The van der Waals surface area contributed by atoms with Gasteiger partial charge in [-0.25, -0.2) is 8.42 Å². The molecule has 124 valence electrons. The van der Waals surface area contributed by atoms with Gasteiger partial charge < -0.3 is 15.2 Å². The summed E-state index contributed by atoms with van der Waals surface area (Å²) >= 11 is 0. The molecule has 1 atom stereocenters. The summed E-state index contributed by atoms with van der Waals surface area (Å²) in [4.78, 5) is 11.7. The first-order valence-corrected chi connectivity index (χ1v) is 8.73. The Kier molecular flexibility index (Phi) is 5.29. The summed E-state index contributed by atoms with van der Waals surface area (Å²) in [6, 6.07) is 5.78. The molecule has 1 aromatic rings. The number of ether oxygens (including phenoxy) is 1. The summed E-state index contributed by atoms with van der Waals surface area (Å²) in [6.45, 7) is 2.44. The van der Waals surface area contributed by atoms with E-state index in [1.807, 2.05) is 0 Å². The van der Waals surface area contributed by atoms with E-state index >= 15 is 0 Å². The number of carboxylic acids is 1. The third-order valence-corrected chi connectivity index (χ3v) is 6.32. The van der Waals surface area contributed by atoms with Gasteiger partial charge in [-0.05, 0) is 50.6 Å². The van der Waals surface area contributed by atoms with E-state index in [0.717, 1.165) is 0 Å². The number of piperidine rings is 1. The van der Waals surface area contributed by atoms with Gasteiger partial charge in [0.25, 0.3) is 0 Å². The summed E-state index contributed by atoms with van der Waals surface area (Å²) in [5.74, 6) is 4.60. The summed E-state index contributed by atoms with van der Waals surface area (Å²) in [5.41, 5.74) is 0. The number of aliphatic carboxylic acids is 1. The molecule has 0 saturated carbocycles. The second kappa shape index (κ2) is 7.02. The molecular weight excluding hydrogens is 318 g/mol. The number of sulfone groups is 1. The zero-order valence-electron chi connectivity index (χ0n) is 12.8. The Hall–Kier alpha value is -2.04. The minimum Gasteiger partial charge on any atom is -0.481 e. The molecule has 1 saturated heterocycles. The average Bonchev–Trinajstić information content (AvgIpc) is 2.56. The van der Waals surface area contributed by atoms with Crippen molar-refractivity contribution in [2.75, 3.05) is 19.7 Å². The summed E-state index contributed by atoms with van der Waals surface area (Å²) in [6.07, 6.45) is 0.602. The van der Waals surface area contributed by atoms with Crippen LogP contribution in [0.1, 0.15) is 19.8 Å². The van der Waals surface area contributed by atoms with Crippen molar-refractivity contribution in [1.82, 2.24) is 5.32 Å². The standard InChI is InChI=1S/C16H19NO5S/c1-2-3-11-22-13-5-7-14(8-6-13)23(20,21)16(15(18)19)9-4-10-17-12-16/h5-8,17H,4,9-12H2,1H3,(H,18,19). The van der Waals surface area contributed by atoms with Gasteiger partial charge in [-0.1, -0.05) is 5.92 Å². The van der Waals surface area contributed by atoms with E-state index in [9.17, 15) is 18.3 Å². The average molecular weight is 337 g/mol. The summed E-state index contributed by atoms with van der Waals surface area (Å²) in [5, 5.41) is 12.4. The first-order valence-electron chi connectivity index (χ1n) is 7.25. The van der Waals surface area contributed by atoms with Crippen LogP contribution in [0.15, 0.2) is 29.2 Å². The van der Waals surface area contributed by atoms with E-state index in [4.69, 9.17) is 4.74 Å². The molecule has 1 aromatic carbocycles. The Morgan fingerprint density at radius 1 is 1.39 bits per heavy atom. The number of carboxylic acid groups (broad SMARTS) is 1. The van der Waals surface area contributed by atoms with Crippen molar-refractivity contribution >= 4 is 15.8 Å². The molecular formula is C16H19NO5S. The fourth-order valence-corrected chi connectivity index (χ4v) is 4.42. The number of hydrogen-bond acceptors (Lipinski definition) is 5. The SMILES string of the molecule is CC#CCOc1ccc(S(=O)(=O)C2(C(=O)O)CCCNC2)cc1. The number of hydrogen-bond donors (Lipinski definition) is 2. The van der Waals surface area contributed by atoms with Crippen LogP contribution in [0.5, 0.6) is 5.75 Å². The molecule has 1 aliphatic rings. The Morgan fingerprint density at radius 3 is 2.61 bits per heavy atom. The van der Waals surface area contributed by atoms with Gasteiger partial charge in [0.05, 0.1) is 4.90 Å². The number of benzene rings is 1. The Morgan fingerprint density at radius 2 is 2.09 bits per heavy atom. The molecule has 7 heteroatoms. The smallest absolute Gasteiger partial charge is 0.326 e. The predicted octanol–water partition coefficient (Wildman–Crippen LogP) is 1.07. The van der Waals surface area contributed by atoms with E-state index in [2.05, 4.69) is 17.2 Å². The lowest BCUT2D eigenvalue weighted by Gasteiger charge is -2.33. The maximum Gasteiger partial charge on any atom is 0.326 e. The van der Waals surface area contributed by atoms with Crippen LogP contribution in [0.4, 0.5) is 0 Å². The lowest BCUT2D eigenvalue weighted by molar-refractivity contribution is -0.140. The molecule has 0 radical (unpaired) electrons. The first-order chi connectivity index (χ1) is 10.9. The lowest BCUT2D eigenvalue weighted by Crippen LogP contribution is -2.56. The molecule has 1 heterocycles. The molecule has 1 fully saturated rings. The summed E-state index contributed by atoms with van der Waals surface area (Å²) < 4.78 is 29.2. The molecule has 23 heavy (non-hydrogen) atoms. The maximum atomic E-state index is 12.8. The van der Waals surface area contributed by atoms with Crippen LogP contribution in [0, 0.1) is 11.8 Å². The monoisotopic (exact) mass is 337 g/mol. The molecule has 0 amide bonds. The highest BCUT2D eigenvalue weighted by molar-refractivity contribution is 7.93.